The molecule has 106 valence electrons. The Morgan fingerprint density at radius 2 is 1.79 bits per heavy atom. The van der Waals surface area contributed by atoms with E-state index in [4.69, 9.17) is 0 Å². The van der Waals surface area contributed by atoms with Crippen LogP contribution in [-0.4, -0.2) is 21.9 Å². The largest absolute Gasteiger partial charge is 0.302 e. The van der Waals surface area contributed by atoms with Gasteiger partial charge in [-0.3, -0.25) is 0 Å². The number of thioether (sulfide) groups is 1. The molecular formula is C14H20O2S3. The van der Waals surface area contributed by atoms with Crippen LogP contribution in [0.25, 0.3) is 0 Å². The Hall–Kier alpha value is -0.390. The van der Waals surface area contributed by atoms with E-state index < -0.39 is 4.08 Å². The van der Waals surface area contributed by atoms with Gasteiger partial charge in [-0.15, -0.1) is 11.8 Å². The molecule has 1 unspecified atom stereocenters. The number of benzene rings is 1. The summed E-state index contributed by atoms with van der Waals surface area (Å²) in [6.45, 7) is 3.88. The molecule has 5 heteroatoms. The van der Waals surface area contributed by atoms with E-state index in [1.165, 1.54) is 0 Å². The highest BCUT2D eigenvalue weighted by Crippen LogP contribution is 2.23. The highest BCUT2D eigenvalue weighted by Gasteiger charge is 2.14. The first kappa shape index (κ1) is 18.6. The number of carbonyl (C=O) groups excluding carboxylic acids is 2. The molecule has 0 aliphatic carbocycles. The first-order chi connectivity index (χ1) is 8.99. The van der Waals surface area contributed by atoms with E-state index in [-0.39, 0.29) is 5.25 Å². The van der Waals surface area contributed by atoms with Gasteiger partial charge in [-0.05, 0) is 25.0 Å². The van der Waals surface area contributed by atoms with E-state index in [1.807, 2.05) is 44.2 Å². The molecule has 1 aromatic rings. The molecule has 0 N–H and O–H groups in total. The Balaban J connectivity index is 0.000000399. The molecule has 0 fully saturated rings. The van der Waals surface area contributed by atoms with E-state index in [0.717, 1.165) is 23.9 Å². The molecule has 0 saturated carbocycles. The second-order valence-electron chi connectivity index (χ2n) is 3.86. The average Bonchev–Trinajstić information content (AvgIpc) is 2.46. The zero-order valence-electron chi connectivity index (χ0n) is 11.2. The van der Waals surface area contributed by atoms with E-state index in [1.54, 1.807) is 11.8 Å². The second kappa shape index (κ2) is 10.4. The number of thiol groups is 2. The summed E-state index contributed by atoms with van der Waals surface area (Å²) in [6.07, 6.45) is 3.28. The van der Waals surface area contributed by atoms with Crippen LogP contribution in [-0.2, 0) is 9.59 Å². The lowest BCUT2D eigenvalue weighted by Crippen LogP contribution is -2.11. The van der Waals surface area contributed by atoms with Gasteiger partial charge in [0.15, 0.2) is 0 Å². The lowest BCUT2D eigenvalue weighted by atomic mass is 10.3. The second-order valence-corrected chi connectivity index (χ2v) is 7.13. The molecule has 0 heterocycles. The summed E-state index contributed by atoms with van der Waals surface area (Å²) in [5.74, 6) is 0. The van der Waals surface area contributed by atoms with Crippen LogP contribution in [0.1, 0.15) is 26.7 Å². The van der Waals surface area contributed by atoms with Gasteiger partial charge in [0.2, 0.25) is 0 Å². The van der Waals surface area contributed by atoms with Crippen molar-refractivity contribution in [3.63, 3.8) is 0 Å². The lowest BCUT2D eigenvalue weighted by Gasteiger charge is -2.08. The first-order valence-electron chi connectivity index (χ1n) is 6.07. The minimum atomic E-state index is -0.708. The van der Waals surface area contributed by atoms with Crippen molar-refractivity contribution in [3.8, 4) is 0 Å². The standard InChI is InChI=1S/C10H12OS.C4H8OS2/c1-2-9(8-11)12-10-6-4-3-5-7-10;1-2-4(6,7)3-5/h3-9H,2H2,1H3;3,6-7H,2H2,1H3. The summed E-state index contributed by atoms with van der Waals surface area (Å²) in [7, 11) is 0. The minimum absolute atomic E-state index is 0.104. The van der Waals surface area contributed by atoms with Gasteiger partial charge in [-0.25, -0.2) is 0 Å². The van der Waals surface area contributed by atoms with Crippen LogP contribution in [0.15, 0.2) is 35.2 Å². The molecule has 1 rings (SSSR count). The van der Waals surface area contributed by atoms with Crippen molar-refractivity contribution in [1.29, 1.82) is 0 Å². The predicted octanol–water partition coefficient (Wildman–Crippen LogP) is 3.91. The fraction of sp³-hybridized carbons (Fsp3) is 0.429. The number of hydrogen-bond donors (Lipinski definition) is 2. The summed E-state index contributed by atoms with van der Waals surface area (Å²) in [5.41, 5.74) is 0. The topological polar surface area (TPSA) is 34.1 Å². The number of hydrogen-bond acceptors (Lipinski definition) is 5. The lowest BCUT2D eigenvalue weighted by molar-refractivity contribution is -0.108. The fourth-order valence-corrected chi connectivity index (χ4v) is 1.85. The van der Waals surface area contributed by atoms with Gasteiger partial charge in [0.1, 0.15) is 16.7 Å². The van der Waals surface area contributed by atoms with Gasteiger partial charge in [0, 0.05) is 4.90 Å². The summed E-state index contributed by atoms with van der Waals surface area (Å²) >= 11 is 9.39. The van der Waals surface area contributed by atoms with Crippen LogP contribution >= 0.6 is 37.0 Å². The molecule has 2 nitrogen and oxygen atoms in total. The zero-order chi connectivity index (χ0) is 14.7. The van der Waals surface area contributed by atoms with Crippen LogP contribution in [0, 0.1) is 0 Å². The molecule has 1 atom stereocenters. The van der Waals surface area contributed by atoms with Crippen LogP contribution in [0.5, 0.6) is 0 Å². The van der Waals surface area contributed by atoms with E-state index >= 15 is 0 Å². The zero-order valence-corrected chi connectivity index (χ0v) is 13.8. The smallest absolute Gasteiger partial charge is 0.145 e. The van der Waals surface area contributed by atoms with E-state index in [9.17, 15) is 9.59 Å². The number of rotatable bonds is 6. The summed E-state index contributed by atoms with van der Waals surface area (Å²) in [4.78, 5) is 21.6. The van der Waals surface area contributed by atoms with E-state index in [2.05, 4.69) is 25.3 Å². The van der Waals surface area contributed by atoms with Crippen molar-refractivity contribution in [3.05, 3.63) is 30.3 Å². The molecule has 0 amide bonds. The third-order valence-electron chi connectivity index (χ3n) is 2.29. The van der Waals surface area contributed by atoms with Crippen molar-refractivity contribution in [1.82, 2.24) is 0 Å². The Labute approximate surface area is 130 Å². The maximum atomic E-state index is 10.5. The van der Waals surface area contributed by atoms with Crippen LogP contribution in [0.2, 0.25) is 0 Å². The molecule has 0 aliphatic heterocycles. The average molecular weight is 317 g/mol. The fourth-order valence-electron chi connectivity index (χ4n) is 0.965. The van der Waals surface area contributed by atoms with Crippen LogP contribution in [0.4, 0.5) is 0 Å². The maximum absolute atomic E-state index is 10.5. The molecule has 0 aliphatic rings. The molecule has 0 saturated heterocycles. The van der Waals surface area contributed by atoms with Crippen molar-refractivity contribution in [2.45, 2.75) is 40.9 Å². The van der Waals surface area contributed by atoms with Crippen molar-refractivity contribution in [2.75, 3.05) is 0 Å². The Morgan fingerprint density at radius 3 is 2.11 bits per heavy atom. The van der Waals surface area contributed by atoms with Gasteiger partial charge in [-0.1, -0.05) is 32.0 Å². The molecule has 19 heavy (non-hydrogen) atoms. The summed E-state index contributed by atoms with van der Waals surface area (Å²) < 4.78 is -0.708. The highest BCUT2D eigenvalue weighted by molar-refractivity contribution is 8.01. The maximum Gasteiger partial charge on any atom is 0.145 e. The van der Waals surface area contributed by atoms with E-state index in [0.29, 0.717) is 6.42 Å². The van der Waals surface area contributed by atoms with Gasteiger partial charge in [0.05, 0.1) is 5.25 Å². The SMILES string of the molecule is CCC(C=O)Sc1ccccc1.CCC(S)(S)C=O. The van der Waals surface area contributed by atoms with Crippen molar-refractivity contribution >= 4 is 49.6 Å². The third kappa shape index (κ3) is 9.19. The molecular weight excluding hydrogens is 296 g/mol. The third-order valence-corrected chi connectivity index (χ3v) is 4.43. The predicted molar refractivity (Wildman–Crippen MR) is 89.5 cm³/mol. The Bertz CT molecular complexity index is 366. The normalized spacial score (nSPS) is 12.0. The van der Waals surface area contributed by atoms with Gasteiger partial charge < -0.3 is 9.59 Å². The van der Waals surface area contributed by atoms with Gasteiger partial charge in [-0.2, -0.15) is 25.3 Å². The molecule has 0 radical (unpaired) electrons. The molecule has 0 bridgehead atoms. The van der Waals surface area contributed by atoms with Crippen molar-refractivity contribution < 1.29 is 9.59 Å². The van der Waals surface area contributed by atoms with Crippen molar-refractivity contribution in [2.24, 2.45) is 0 Å². The molecule has 0 spiro atoms. The summed E-state index contributed by atoms with van der Waals surface area (Å²) in [5, 5.41) is 0.104. The molecule has 1 aromatic carbocycles. The monoisotopic (exact) mass is 316 g/mol. The quantitative estimate of drug-likeness (QED) is 0.361. The molecule has 0 aromatic heterocycles. The van der Waals surface area contributed by atoms with Crippen LogP contribution < -0.4 is 0 Å². The van der Waals surface area contributed by atoms with Gasteiger partial charge >= 0.3 is 0 Å². The number of aldehydes is 2. The number of carbonyl (C=O) groups is 2. The van der Waals surface area contributed by atoms with Crippen LogP contribution in [0.3, 0.4) is 0 Å². The summed E-state index contributed by atoms with van der Waals surface area (Å²) in [6, 6.07) is 10.00. The Kier molecular flexibility index (Phi) is 10.2. The Morgan fingerprint density at radius 1 is 1.21 bits per heavy atom. The first-order valence-corrected chi connectivity index (χ1v) is 7.84. The minimum Gasteiger partial charge on any atom is -0.302 e. The van der Waals surface area contributed by atoms with Gasteiger partial charge in [0.25, 0.3) is 0 Å². The highest BCUT2D eigenvalue weighted by atomic mass is 32.2.